The Kier molecular flexibility index (Phi) is 5.38. The van der Waals surface area contributed by atoms with Gasteiger partial charge in [-0.2, -0.15) is 0 Å². The summed E-state index contributed by atoms with van der Waals surface area (Å²) in [5, 5.41) is 8.49. The fourth-order valence-electron chi connectivity index (χ4n) is 2.65. The van der Waals surface area contributed by atoms with Crippen molar-refractivity contribution in [2.24, 2.45) is 0 Å². The highest BCUT2D eigenvalue weighted by atomic mass is 79.9. The van der Waals surface area contributed by atoms with Crippen LogP contribution in [0, 0.1) is 0 Å². The Hall–Kier alpha value is -1.34. The number of nitrogens with zero attached hydrogens (tertiary/aromatic N) is 3. The van der Waals surface area contributed by atoms with Gasteiger partial charge in [-0.05, 0) is 50.5 Å². The molecule has 0 aliphatic carbocycles. The molecule has 122 valence electrons. The first kappa shape index (κ1) is 16.5. The van der Waals surface area contributed by atoms with Gasteiger partial charge in [-0.3, -0.25) is 4.79 Å². The van der Waals surface area contributed by atoms with Crippen molar-refractivity contribution < 1.29 is 9.21 Å². The van der Waals surface area contributed by atoms with E-state index in [4.69, 9.17) is 4.42 Å². The Labute approximate surface area is 148 Å². The zero-order valence-corrected chi connectivity index (χ0v) is 15.3. The highest BCUT2D eigenvalue weighted by molar-refractivity contribution is 9.10. The molecule has 1 aromatic heterocycles. The molecule has 0 radical (unpaired) electrons. The van der Waals surface area contributed by atoms with Gasteiger partial charge in [0.2, 0.25) is 11.8 Å². The van der Waals surface area contributed by atoms with Gasteiger partial charge in [-0.1, -0.05) is 27.7 Å². The summed E-state index contributed by atoms with van der Waals surface area (Å²) in [7, 11) is 0. The predicted octanol–water partition coefficient (Wildman–Crippen LogP) is 3.99. The Morgan fingerprint density at radius 1 is 1.35 bits per heavy atom. The molecule has 7 heteroatoms. The first-order chi connectivity index (χ1) is 11.1. The molecule has 0 saturated carbocycles. The standard InChI is InChI=1S/C16H18BrN3O2S/c1-11-4-2-3-9-20(11)14(21)10-23-16-19-18-15(22-16)12-5-7-13(17)8-6-12/h5-8,11H,2-4,9-10H2,1H3/t11-/m1/s1. The molecule has 0 spiro atoms. The highest BCUT2D eigenvalue weighted by Crippen LogP contribution is 2.25. The zero-order valence-electron chi connectivity index (χ0n) is 12.9. The lowest BCUT2D eigenvalue weighted by Gasteiger charge is -2.33. The third-order valence-corrected chi connectivity index (χ3v) is 5.27. The van der Waals surface area contributed by atoms with Crippen LogP contribution < -0.4 is 0 Å². The van der Waals surface area contributed by atoms with E-state index in [2.05, 4.69) is 33.1 Å². The topological polar surface area (TPSA) is 59.2 Å². The molecular weight excluding hydrogens is 378 g/mol. The molecule has 0 bridgehead atoms. The predicted molar refractivity (Wildman–Crippen MR) is 93.2 cm³/mol. The van der Waals surface area contributed by atoms with Crippen LogP contribution in [0.3, 0.4) is 0 Å². The van der Waals surface area contributed by atoms with Crippen molar-refractivity contribution >= 4 is 33.6 Å². The van der Waals surface area contributed by atoms with E-state index in [1.54, 1.807) is 0 Å². The summed E-state index contributed by atoms with van der Waals surface area (Å²) in [6.07, 6.45) is 3.39. The monoisotopic (exact) mass is 395 g/mol. The van der Waals surface area contributed by atoms with Gasteiger partial charge in [-0.15, -0.1) is 10.2 Å². The number of carbonyl (C=O) groups is 1. The second kappa shape index (κ2) is 7.49. The molecule has 2 aromatic rings. The summed E-state index contributed by atoms with van der Waals surface area (Å²) in [6.45, 7) is 2.97. The molecule has 5 nitrogen and oxygen atoms in total. The molecular formula is C16H18BrN3O2S. The molecule has 3 rings (SSSR count). The lowest BCUT2D eigenvalue weighted by Crippen LogP contribution is -2.42. The number of likely N-dealkylation sites (tertiary alicyclic amines) is 1. The smallest absolute Gasteiger partial charge is 0.277 e. The molecule has 1 atom stereocenters. The number of amides is 1. The Morgan fingerprint density at radius 2 is 2.13 bits per heavy atom. The van der Waals surface area contributed by atoms with E-state index < -0.39 is 0 Å². The van der Waals surface area contributed by atoms with E-state index >= 15 is 0 Å². The van der Waals surface area contributed by atoms with E-state index in [0.29, 0.717) is 22.9 Å². The molecule has 0 N–H and O–H groups in total. The van der Waals surface area contributed by atoms with Crippen molar-refractivity contribution in [2.45, 2.75) is 37.5 Å². The van der Waals surface area contributed by atoms with Crippen LogP contribution in [-0.2, 0) is 4.79 Å². The number of halogens is 1. The van der Waals surface area contributed by atoms with Crippen molar-refractivity contribution in [3.05, 3.63) is 28.7 Å². The second-order valence-electron chi connectivity index (χ2n) is 5.60. The maximum atomic E-state index is 12.3. The van der Waals surface area contributed by atoms with Gasteiger partial charge in [-0.25, -0.2) is 0 Å². The SMILES string of the molecule is C[C@@H]1CCCCN1C(=O)CSc1nnc(-c2ccc(Br)cc2)o1. The Morgan fingerprint density at radius 3 is 2.87 bits per heavy atom. The van der Waals surface area contributed by atoms with Crippen molar-refractivity contribution in [3.63, 3.8) is 0 Å². The molecule has 1 amide bonds. The molecule has 1 aliphatic rings. The normalized spacial score (nSPS) is 18.2. The Balaban J connectivity index is 1.58. The van der Waals surface area contributed by atoms with Gasteiger partial charge in [0.15, 0.2) is 0 Å². The second-order valence-corrected chi connectivity index (χ2v) is 7.44. The third-order valence-electron chi connectivity index (χ3n) is 3.94. The minimum Gasteiger partial charge on any atom is -0.411 e. The fraction of sp³-hybridized carbons (Fsp3) is 0.438. The summed E-state index contributed by atoms with van der Waals surface area (Å²) in [5.74, 6) is 0.955. The molecule has 0 unspecified atom stereocenters. The van der Waals surface area contributed by atoms with Crippen molar-refractivity contribution in [3.8, 4) is 11.5 Å². The minimum atomic E-state index is 0.144. The number of piperidine rings is 1. The van der Waals surface area contributed by atoms with E-state index in [0.717, 1.165) is 29.4 Å². The average molecular weight is 396 g/mol. The number of benzene rings is 1. The summed E-state index contributed by atoms with van der Waals surface area (Å²) in [6, 6.07) is 8.00. The van der Waals surface area contributed by atoms with Gasteiger partial charge >= 0.3 is 0 Å². The third kappa shape index (κ3) is 4.14. The minimum absolute atomic E-state index is 0.144. The quantitative estimate of drug-likeness (QED) is 0.732. The first-order valence-corrected chi connectivity index (χ1v) is 9.43. The molecule has 1 aliphatic heterocycles. The maximum absolute atomic E-state index is 12.3. The molecule has 2 heterocycles. The van der Waals surface area contributed by atoms with Crippen LogP contribution in [0.1, 0.15) is 26.2 Å². The summed E-state index contributed by atoms with van der Waals surface area (Å²) >= 11 is 4.70. The maximum Gasteiger partial charge on any atom is 0.277 e. The zero-order chi connectivity index (χ0) is 16.2. The van der Waals surface area contributed by atoms with Gasteiger partial charge < -0.3 is 9.32 Å². The van der Waals surface area contributed by atoms with E-state index in [1.165, 1.54) is 18.2 Å². The van der Waals surface area contributed by atoms with Gasteiger partial charge in [0.25, 0.3) is 5.22 Å². The largest absolute Gasteiger partial charge is 0.411 e. The van der Waals surface area contributed by atoms with Gasteiger partial charge in [0, 0.05) is 22.6 Å². The van der Waals surface area contributed by atoms with Crippen molar-refractivity contribution in [2.75, 3.05) is 12.3 Å². The highest BCUT2D eigenvalue weighted by Gasteiger charge is 2.23. The Bertz CT molecular complexity index is 674. The van der Waals surface area contributed by atoms with E-state index in [1.807, 2.05) is 29.2 Å². The first-order valence-electron chi connectivity index (χ1n) is 7.65. The number of carbonyl (C=O) groups excluding carboxylic acids is 1. The van der Waals surface area contributed by atoms with Crippen molar-refractivity contribution in [1.82, 2.24) is 15.1 Å². The summed E-state index contributed by atoms with van der Waals surface area (Å²) in [4.78, 5) is 14.3. The lowest BCUT2D eigenvalue weighted by atomic mass is 10.0. The van der Waals surface area contributed by atoms with Crippen LogP contribution in [0.4, 0.5) is 0 Å². The molecule has 1 fully saturated rings. The van der Waals surface area contributed by atoms with Crippen molar-refractivity contribution in [1.29, 1.82) is 0 Å². The fourth-order valence-corrected chi connectivity index (χ4v) is 3.57. The van der Waals surface area contributed by atoms with Gasteiger partial charge in [0.05, 0.1) is 5.75 Å². The summed E-state index contributed by atoms with van der Waals surface area (Å²) in [5.41, 5.74) is 0.864. The number of thioether (sulfide) groups is 1. The number of hydrogen-bond acceptors (Lipinski definition) is 5. The van der Waals surface area contributed by atoms with E-state index in [9.17, 15) is 4.79 Å². The van der Waals surface area contributed by atoms with Crippen LogP contribution in [-0.4, -0.2) is 39.3 Å². The lowest BCUT2D eigenvalue weighted by molar-refractivity contribution is -0.131. The average Bonchev–Trinajstić information content (AvgIpc) is 3.03. The van der Waals surface area contributed by atoms with Crippen LogP contribution in [0.5, 0.6) is 0 Å². The number of rotatable bonds is 4. The van der Waals surface area contributed by atoms with Crippen LogP contribution in [0.2, 0.25) is 0 Å². The summed E-state index contributed by atoms with van der Waals surface area (Å²) < 4.78 is 6.63. The number of hydrogen-bond donors (Lipinski definition) is 0. The van der Waals surface area contributed by atoms with Crippen LogP contribution in [0.15, 0.2) is 38.4 Å². The van der Waals surface area contributed by atoms with Crippen LogP contribution in [0.25, 0.3) is 11.5 Å². The molecule has 1 saturated heterocycles. The van der Waals surface area contributed by atoms with E-state index in [-0.39, 0.29) is 5.91 Å². The number of aromatic nitrogens is 2. The molecule has 1 aromatic carbocycles. The van der Waals surface area contributed by atoms with Gasteiger partial charge in [0.1, 0.15) is 0 Å². The van der Waals surface area contributed by atoms with Crippen LogP contribution >= 0.6 is 27.7 Å². The molecule has 23 heavy (non-hydrogen) atoms.